The van der Waals surface area contributed by atoms with Crippen molar-refractivity contribution >= 4 is 5.97 Å². The quantitative estimate of drug-likeness (QED) is 0.237. The van der Waals surface area contributed by atoms with Crippen LogP contribution in [0.25, 0.3) is 0 Å². The lowest BCUT2D eigenvalue weighted by molar-refractivity contribution is -0.150. The summed E-state index contributed by atoms with van der Waals surface area (Å²) in [7, 11) is 1.28. The molecule has 1 heterocycles. The lowest BCUT2D eigenvalue weighted by Gasteiger charge is -2.40. The normalized spacial score (nSPS) is 18.3. The summed E-state index contributed by atoms with van der Waals surface area (Å²) in [5, 5.41) is 0. The second kappa shape index (κ2) is 11.4. The van der Waals surface area contributed by atoms with E-state index in [0.29, 0.717) is 18.7 Å². The molecule has 2 unspecified atom stereocenters. The summed E-state index contributed by atoms with van der Waals surface area (Å²) in [6, 6.07) is 10.4. The van der Waals surface area contributed by atoms with Crippen molar-refractivity contribution in [3.63, 3.8) is 0 Å². The Morgan fingerprint density at radius 2 is 1.63 bits per heavy atom. The second-order valence-electron chi connectivity index (χ2n) is 8.45. The minimum Gasteiger partial charge on any atom is -0.468 e. The first-order chi connectivity index (χ1) is 16.5. The maximum Gasteiger partial charge on any atom is 0.416 e. The monoisotopic (exact) mass is 503 g/mol. The number of ether oxygens (including phenoxy) is 2. The minimum atomic E-state index is -4.92. The van der Waals surface area contributed by atoms with Crippen molar-refractivity contribution in [3.05, 3.63) is 70.8 Å². The summed E-state index contributed by atoms with van der Waals surface area (Å²) in [5.74, 6) is -0.463. The Hall–Kier alpha value is -2.59. The summed E-state index contributed by atoms with van der Waals surface area (Å²) in [5.41, 5.74) is -1.97. The molecule has 0 amide bonds. The molecule has 192 valence electrons. The van der Waals surface area contributed by atoms with Gasteiger partial charge in [0.05, 0.1) is 24.8 Å². The molecule has 4 nitrogen and oxygen atoms in total. The van der Waals surface area contributed by atoms with Crippen molar-refractivity contribution in [2.75, 3.05) is 20.3 Å². The largest absolute Gasteiger partial charge is 0.468 e. The van der Waals surface area contributed by atoms with Crippen LogP contribution >= 0.6 is 0 Å². The predicted octanol–water partition coefficient (Wildman–Crippen LogP) is 6.40. The van der Waals surface area contributed by atoms with Gasteiger partial charge in [-0.2, -0.15) is 26.3 Å². The van der Waals surface area contributed by atoms with Crippen molar-refractivity contribution in [2.24, 2.45) is 0 Å². The number of halogens is 6. The highest BCUT2D eigenvalue weighted by Gasteiger charge is 2.37. The lowest BCUT2D eigenvalue weighted by atomic mass is 9.93. The molecule has 2 aromatic carbocycles. The van der Waals surface area contributed by atoms with Gasteiger partial charge in [0.2, 0.25) is 0 Å². The smallest absolute Gasteiger partial charge is 0.416 e. The number of piperidine rings is 1. The van der Waals surface area contributed by atoms with Crippen LogP contribution in [0.2, 0.25) is 0 Å². The SMILES string of the molecule is COC(=O)C(CCOCc1cc(C(F)(F)F)cc(C(F)(F)F)c1)N1CCCCC1c1ccccc1. The molecule has 1 aliphatic rings. The number of alkyl halides is 6. The highest BCUT2D eigenvalue weighted by molar-refractivity contribution is 5.75. The van der Waals surface area contributed by atoms with Crippen molar-refractivity contribution in [2.45, 2.75) is 56.7 Å². The third-order valence-electron chi connectivity index (χ3n) is 6.05. The molecule has 0 aromatic heterocycles. The number of nitrogens with zero attached hydrogens (tertiary/aromatic N) is 1. The molecule has 0 radical (unpaired) electrons. The number of carbonyl (C=O) groups is 1. The molecule has 10 heteroatoms. The van der Waals surface area contributed by atoms with Gasteiger partial charge in [-0.15, -0.1) is 0 Å². The van der Waals surface area contributed by atoms with Crippen molar-refractivity contribution in [1.29, 1.82) is 0 Å². The molecule has 0 spiro atoms. The Balaban J connectivity index is 1.70. The molecular formula is C25H27F6NO3. The highest BCUT2D eigenvalue weighted by atomic mass is 19.4. The number of methoxy groups -OCH3 is 1. The molecular weight excluding hydrogens is 476 g/mol. The number of esters is 1. The van der Waals surface area contributed by atoms with Gasteiger partial charge in [0.25, 0.3) is 0 Å². The number of carbonyl (C=O) groups excluding carboxylic acids is 1. The van der Waals surface area contributed by atoms with Crippen LogP contribution in [0.4, 0.5) is 26.3 Å². The highest BCUT2D eigenvalue weighted by Crippen LogP contribution is 2.37. The van der Waals surface area contributed by atoms with Crippen LogP contribution in [0.3, 0.4) is 0 Å². The molecule has 2 aromatic rings. The molecule has 35 heavy (non-hydrogen) atoms. The van der Waals surface area contributed by atoms with Gasteiger partial charge < -0.3 is 9.47 Å². The van der Waals surface area contributed by atoms with E-state index in [-0.39, 0.29) is 30.7 Å². The van der Waals surface area contributed by atoms with Crippen molar-refractivity contribution < 1.29 is 40.6 Å². The maximum absolute atomic E-state index is 13.1. The predicted molar refractivity (Wildman–Crippen MR) is 116 cm³/mol. The van der Waals surface area contributed by atoms with Crippen molar-refractivity contribution in [1.82, 2.24) is 4.90 Å². The standard InChI is InChI=1S/C25H27F6NO3/c1-34-23(33)22(32-11-6-5-9-21(32)18-7-3-2-4-8-18)10-12-35-16-17-13-19(24(26,27)28)15-20(14-17)25(29,30)31/h2-4,7-8,13-15,21-22H,5-6,9-12,16H2,1H3. The fourth-order valence-corrected chi connectivity index (χ4v) is 4.40. The van der Waals surface area contributed by atoms with Crippen LogP contribution in [-0.2, 0) is 33.2 Å². The molecule has 1 aliphatic heterocycles. The number of benzene rings is 2. The van der Waals surface area contributed by atoms with Crippen LogP contribution in [-0.4, -0.2) is 37.2 Å². The fraction of sp³-hybridized carbons (Fsp3) is 0.480. The van der Waals surface area contributed by atoms with E-state index in [9.17, 15) is 31.1 Å². The van der Waals surface area contributed by atoms with Gasteiger partial charge in [0.15, 0.2) is 0 Å². The van der Waals surface area contributed by atoms with E-state index in [2.05, 4.69) is 0 Å². The zero-order chi connectivity index (χ0) is 25.6. The Kier molecular flexibility index (Phi) is 8.82. The van der Waals surface area contributed by atoms with E-state index in [0.717, 1.165) is 24.8 Å². The minimum absolute atomic E-state index is 0.00754. The van der Waals surface area contributed by atoms with E-state index >= 15 is 0 Å². The van der Waals surface area contributed by atoms with Crippen LogP contribution in [0.5, 0.6) is 0 Å². The summed E-state index contributed by atoms with van der Waals surface area (Å²) in [6.45, 7) is 0.153. The summed E-state index contributed by atoms with van der Waals surface area (Å²) in [6.07, 6.45) is -6.93. The van der Waals surface area contributed by atoms with Crippen LogP contribution in [0.1, 0.15) is 54.0 Å². The van der Waals surface area contributed by atoms with Gasteiger partial charge >= 0.3 is 18.3 Å². The van der Waals surface area contributed by atoms with Gasteiger partial charge in [-0.05, 0) is 55.1 Å². The molecule has 1 fully saturated rings. The Labute approximate surface area is 199 Å². The fourth-order valence-electron chi connectivity index (χ4n) is 4.40. The van der Waals surface area contributed by atoms with Crippen LogP contribution < -0.4 is 0 Å². The zero-order valence-corrected chi connectivity index (χ0v) is 19.2. The third-order valence-corrected chi connectivity index (χ3v) is 6.05. The van der Waals surface area contributed by atoms with E-state index in [1.165, 1.54) is 7.11 Å². The Morgan fingerprint density at radius 3 is 2.20 bits per heavy atom. The number of likely N-dealkylation sites (tertiary alicyclic amines) is 1. The second-order valence-corrected chi connectivity index (χ2v) is 8.45. The van der Waals surface area contributed by atoms with Crippen molar-refractivity contribution in [3.8, 4) is 0 Å². The molecule has 2 atom stereocenters. The van der Waals surface area contributed by atoms with Crippen LogP contribution in [0, 0.1) is 0 Å². The van der Waals surface area contributed by atoms with E-state index in [1.807, 2.05) is 35.2 Å². The molecule has 3 rings (SSSR count). The lowest BCUT2D eigenvalue weighted by Crippen LogP contribution is -2.47. The average Bonchev–Trinajstić information content (AvgIpc) is 2.83. The summed E-state index contributed by atoms with van der Waals surface area (Å²) < 4.78 is 88.9. The Bertz CT molecular complexity index is 945. The Morgan fingerprint density at radius 1 is 1.00 bits per heavy atom. The van der Waals surface area contributed by atoms with Gasteiger partial charge in [-0.3, -0.25) is 9.69 Å². The van der Waals surface area contributed by atoms with Crippen LogP contribution in [0.15, 0.2) is 48.5 Å². The van der Waals surface area contributed by atoms with Gasteiger partial charge in [0.1, 0.15) is 6.04 Å². The van der Waals surface area contributed by atoms with E-state index in [4.69, 9.17) is 9.47 Å². The molecule has 1 saturated heterocycles. The van der Waals surface area contributed by atoms with E-state index in [1.54, 1.807) is 0 Å². The van der Waals surface area contributed by atoms with Gasteiger partial charge in [0, 0.05) is 12.6 Å². The zero-order valence-electron chi connectivity index (χ0n) is 19.2. The number of hydrogen-bond donors (Lipinski definition) is 0. The molecule has 0 aliphatic carbocycles. The first-order valence-electron chi connectivity index (χ1n) is 11.3. The number of rotatable bonds is 8. The third kappa shape index (κ3) is 7.20. The molecule has 0 saturated carbocycles. The maximum atomic E-state index is 13.1. The first kappa shape index (κ1) is 27.0. The average molecular weight is 503 g/mol. The molecule has 0 N–H and O–H groups in total. The van der Waals surface area contributed by atoms with E-state index < -0.39 is 42.1 Å². The first-order valence-corrected chi connectivity index (χ1v) is 11.3. The molecule has 0 bridgehead atoms. The summed E-state index contributed by atoms with van der Waals surface area (Å²) >= 11 is 0. The summed E-state index contributed by atoms with van der Waals surface area (Å²) in [4.78, 5) is 14.6. The topological polar surface area (TPSA) is 38.8 Å². The number of hydrogen-bond acceptors (Lipinski definition) is 4. The van der Waals surface area contributed by atoms with Gasteiger partial charge in [-0.1, -0.05) is 36.8 Å². The van der Waals surface area contributed by atoms with Gasteiger partial charge in [-0.25, -0.2) is 0 Å².